The minimum atomic E-state index is 1.23. The molecule has 1 aromatic heterocycles. The molecule has 1 aromatic rings. The molecular formula is C9H16SSi. The summed E-state index contributed by atoms with van der Waals surface area (Å²) in [7, 11) is 1.23. The van der Waals surface area contributed by atoms with E-state index >= 15 is 0 Å². The van der Waals surface area contributed by atoms with E-state index in [4.69, 9.17) is 0 Å². The molecular weight excluding hydrogens is 168 g/mol. The molecule has 0 saturated carbocycles. The molecule has 0 aromatic carbocycles. The lowest BCUT2D eigenvalue weighted by atomic mass is 10.2. The summed E-state index contributed by atoms with van der Waals surface area (Å²) in [5.74, 6) is 0. The number of aryl methyl sites for hydroxylation is 1. The molecule has 0 N–H and O–H groups in total. The predicted octanol–water partition coefficient (Wildman–Crippen LogP) is 1.47. The van der Waals surface area contributed by atoms with Gasteiger partial charge in [-0.15, -0.1) is 11.3 Å². The van der Waals surface area contributed by atoms with Crippen LogP contribution in [0.4, 0.5) is 0 Å². The van der Waals surface area contributed by atoms with Crippen LogP contribution in [0.2, 0.25) is 0 Å². The van der Waals surface area contributed by atoms with Crippen LogP contribution in [-0.2, 0) is 6.42 Å². The maximum atomic E-state index is 2.28. The van der Waals surface area contributed by atoms with Gasteiger partial charge in [-0.3, -0.25) is 0 Å². The predicted molar refractivity (Wildman–Crippen MR) is 57.1 cm³/mol. The molecule has 0 spiro atoms. The summed E-state index contributed by atoms with van der Waals surface area (Å²) in [5, 5.41) is 3.84. The van der Waals surface area contributed by atoms with Crippen molar-refractivity contribution in [2.45, 2.75) is 32.6 Å². The van der Waals surface area contributed by atoms with Gasteiger partial charge in [0.25, 0.3) is 0 Å². The van der Waals surface area contributed by atoms with Crippen molar-refractivity contribution in [1.82, 2.24) is 0 Å². The molecule has 0 nitrogen and oxygen atoms in total. The molecule has 1 rings (SSSR count). The molecule has 1 heterocycles. The third kappa shape index (κ3) is 2.79. The lowest BCUT2D eigenvalue weighted by molar-refractivity contribution is 0.724. The van der Waals surface area contributed by atoms with E-state index in [1.165, 1.54) is 35.9 Å². The first-order valence-corrected chi connectivity index (χ1v) is 6.25. The van der Waals surface area contributed by atoms with Gasteiger partial charge in [0.05, 0.1) is 0 Å². The standard InChI is InChI=1S/C9H16SSi/c1-2-3-4-5-8-9(11)6-7-10-8/h6-7H,2-5H2,1,11H3. The third-order valence-electron chi connectivity index (χ3n) is 1.98. The molecule has 0 aliphatic rings. The third-order valence-corrected chi connectivity index (χ3v) is 4.36. The molecule has 0 bridgehead atoms. The highest BCUT2D eigenvalue weighted by Gasteiger charge is 1.97. The summed E-state index contributed by atoms with van der Waals surface area (Å²) in [6.45, 7) is 2.26. The molecule has 2 heteroatoms. The fraction of sp³-hybridized carbons (Fsp3) is 0.556. The van der Waals surface area contributed by atoms with E-state index in [0.717, 1.165) is 0 Å². The molecule has 11 heavy (non-hydrogen) atoms. The zero-order valence-electron chi connectivity index (χ0n) is 7.39. The van der Waals surface area contributed by atoms with Crippen LogP contribution in [0.3, 0.4) is 0 Å². The lowest BCUT2D eigenvalue weighted by Crippen LogP contribution is -2.03. The Morgan fingerprint density at radius 3 is 2.82 bits per heavy atom. The zero-order chi connectivity index (χ0) is 8.10. The van der Waals surface area contributed by atoms with Gasteiger partial charge < -0.3 is 0 Å². The minimum Gasteiger partial charge on any atom is -0.149 e. The van der Waals surface area contributed by atoms with Crippen molar-refractivity contribution < 1.29 is 0 Å². The monoisotopic (exact) mass is 184 g/mol. The first-order chi connectivity index (χ1) is 5.34. The number of hydrogen-bond acceptors (Lipinski definition) is 1. The van der Waals surface area contributed by atoms with E-state index in [1.807, 2.05) is 11.3 Å². The maximum Gasteiger partial charge on any atom is 0.0399 e. The molecule has 0 saturated heterocycles. The Kier molecular flexibility index (Phi) is 3.87. The van der Waals surface area contributed by atoms with E-state index in [-0.39, 0.29) is 0 Å². The van der Waals surface area contributed by atoms with Crippen molar-refractivity contribution in [2.75, 3.05) is 0 Å². The van der Waals surface area contributed by atoms with Gasteiger partial charge in [0.15, 0.2) is 0 Å². The Morgan fingerprint density at radius 2 is 2.27 bits per heavy atom. The van der Waals surface area contributed by atoms with Gasteiger partial charge in [-0.25, -0.2) is 0 Å². The molecule has 0 aliphatic carbocycles. The summed E-state index contributed by atoms with van der Waals surface area (Å²) in [5.41, 5.74) is 0. The van der Waals surface area contributed by atoms with Crippen LogP contribution < -0.4 is 5.19 Å². The Hall–Kier alpha value is -0.0831. The normalized spacial score (nSPS) is 10.6. The molecule has 0 unspecified atom stereocenters. The fourth-order valence-corrected chi connectivity index (χ4v) is 3.16. The van der Waals surface area contributed by atoms with E-state index in [1.54, 1.807) is 10.1 Å². The van der Waals surface area contributed by atoms with Crippen LogP contribution in [0, 0.1) is 0 Å². The minimum absolute atomic E-state index is 1.23. The summed E-state index contributed by atoms with van der Waals surface area (Å²) >= 11 is 1.93. The summed E-state index contributed by atoms with van der Waals surface area (Å²) in [6.07, 6.45) is 5.43. The second kappa shape index (κ2) is 4.73. The largest absolute Gasteiger partial charge is 0.149 e. The molecule has 0 amide bonds. The van der Waals surface area contributed by atoms with Crippen molar-refractivity contribution in [1.29, 1.82) is 0 Å². The first kappa shape index (κ1) is 9.01. The summed E-state index contributed by atoms with van der Waals surface area (Å²) in [6, 6.07) is 2.28. The first-order valence-electron chi connectivity index (χ1n) is 4.37. The SMILES string of the molecule is CCCCCc1sccc1[SiH3]. The van der Waals surface area contributed by atoms with E-state index in [2.05, 4.69) is 18.4 Å². The quantitative estimate of drug-likeness (QED) is 0.491. The van der Waals surface area contributed by atoms with Gasteiger partial charge in [-0.05, 0) is 18.2 Å². The number of thiophene rings is 1. The number of hydrogen-bond donors (Lipinski definition) is 0. The summed E-state index contributed by atoms with van der Waals surface area (Å²) in [4.78, 5) is 1.64. The molecule has 0 atom stereocenters. The van der Waals surface area contributed by atoms with Gasteiger partial charge in [0, 0.05) is 15.1 Å². The molecule has 0 radical (unpaired) electrons. The topological polar surface area (TPSA) is 0 Å². The van der Waals surface area contributed by atoms with Gasteiger partial charge >= 0.3 is 0 Å². The van der Waals surface area contributed by atoms with Gasteiger partial charge in [0.1, 0.15) is 0 Å². The van der Waals surface area contributed by atoms with Crippen molar-refractivity contribution in [3.63, 3.8) is 0 Å². The van der Waals surface area contributed by atoms with Gasteiger partial charge in [-0.1, -0.05) is 31.0 Å². The second-order valence-corrected chi connectivity index (χ2v) is 5.06. The van der Waals surface area contributed by atoms with Crippen LogP contribution >= 0.6 is 11.3 Å². The van der Waals surface area contributed by atoms with Crippen LogP contribution in [0.25, 0.3) is 0 Å². The zero-order valence-corrected chi connectivity index (χ0v) is 10.2. The summed E-state index contributed by atoms with van der Waals surface area (Å²) < 4.78 is 0. The Morgan fingerprint density at radius 1 is 1.45 bits per heavy atom. The van der Waals surface area contributed by atoms with Crippen molar-refractivity contribution in [3.05, 3.63) is 16.3 Å². The van der Waals surface area contributed by atoms with E-state index < -0.39 is 0 Å². The van der Waals surface area contributed by atoms with Gasteiger partial charge in [0.2, 0.25) is 0 Å². The Bertz CT molecular complexity index is 205. The average molecular weight is 184 g/mol. The highest BCUT2D eigenvalue weighted by Crippen LogP contribution is 2.09. The van der Waals surface area contributed by atoms with Gasteiger partial charge in [-0.2, -0.15) is 0 Å². The Balaban J connectivity index is 2.32. The van der Waals surface area contributed by atoms with Crippen molar-refractivity contribution in [3.8, 4) is 0 Å². The van der Waals surface area contributed by atoms with E-state index in [9.17, 15) is 0 Å². The van der Waals surface area contributed by atoms with E-state index in [0.29, 0.717) is 0 Å². The molecule has 0 aliphatic heterocycles. The average Bonchev–Trinajstić information content (AvgIpc) is 2.37. The highest BCUT2D eigenvalue weighted by atomic mass is 32.1. The smallest absolute Gasteiger partial charge is 0.0399 e. The highest BCUT2D eigenvalue weighted by molar-refractivity contribution is 7.11. The number of unbranched alkanes of at least 4 members (excludes halogenated alkanes) is 2. The molecule has 0 fully saturated rings. The van der Waals surface area contributed by atoms with Crippen LogP contribution in [0.5, 0.6) is 0 Å². The van der Waals surface area contributed by atoms with Crippen LogP contribution in [0.1, 0.15) is 31.1 Å². The maximum absolute atomic E-state index is 2.28. The van der Waals surface area contributed by atoms with Crippen LogP contribution in [-0.4, -0.2) is 10.2 Å². The van der Waals surface area contributed by atoms with Crippen molar-refractivity contribution >= 4 is 26.8 Å². The molecule has 62 valence electrons. The van der Waals surface area contributed by atoms with Crippen LogP contribution in [0.15, 0.2) is 11.4 Å². The van der Waals surface area contributed by atoms with Crippen molar-refractivity contribution in [2.24, 2.45) is 0 Å². The lowest BCUT2D eigenvalue weighted by Gasteiger charge is -1.97. The number of rotatable bonds is 4. The Labute approximate surface area is 76.1 Å². The fourth-order valence-electron chi connectivity index (χ4n) is 1.20. The second-order valence-electron chi connectivity index (χ2n) is 2.98.